The number of thioether (sulfide) groups is 1. The molecule has 1 aliphatic carbocycles. The third-order valence-corrected chi connectivity index (χ3v) is 6.07. The van der Waals surface area contributed by atoms with Crippen molar-refractivity contribution in [3.8, 4) is 0 Å². The maximum atomic E-state index is 13.6. The van der Waals surface area contributed by atoms with Crippen LogP contribution in [0.3, 0.4) is 0 Å². The summed E-state index contributed by atoms with van der Waals surface area (Å²) in [5.41, 5.74) is 2.18. The average Bonchev–Trinajstić information content (AvgIpc) is 3.27. The summed E-state index contributed by atoms with van der Waals surface area (Å²) in [5, 5.41) is 4.19. The molecule has 0 aliphatic heterocycles. The van der Waals surface area contributed by atoms with Crippen LogP contribution in [0.5, 0.6) is 0 Å². The predicted octanol–water partition coefficient (Wildman–Crippen LogP) is 5.33. The van der Waals surface area contributed by atoms with Gasteiger partial charge in [0.2, 0.25) is 0 Å². The average molecular weight is 418 g/mol. The molecule has 0 spiro atoms. The van der Waals surface area contributed by atoms with Crippen LogP contribution in [0.15, 0.2) is 29.7 Å². The minimum absolute atomic E-state index is 0.113. The summed E-state index contributed by atoms with van der Waals surface area (Å²) in [7, 11) is 0. The number of halogens is 2. The Balaban J connectivity index is 1.64. The monoisotopic (exact) mass is 417 g/mol. The minimum Gasteiger partial charge on any atom is -0.365 e. The molecular formula is C21H25F2N5S. The van der Waals surface area contributed by atoms with Gasteiger partial charge in [-0.2, -0.15) is 0 Å². The highest BCUT2D eigenvalue weighted by molar-refractivity contribution is 7.99. The van der Waals surface area contributed by atoms with Gasteiger partial charge in [0.1, 0.15) is 0 Å². The second-order valence-electron chi connectivity index (χ2n) is 8.43. The lowest BCUT2D eigenvalue weighted by atomic mass is 10.1. The summed E-state index contributed by atoms with van der Waals surface area (Å²) in [6, 6.07) is 4.24. The van der Waals surface area contributed by atoms with E-state index >= 15 is 0 Å². The maximum Gasteiger partial charge on any atom is 0.191 e. The molecule has 154 valence electrons. The molecule has 0 unspecified atom stereocenters. The molecule has 1 N–H and O–H groups in total. The first-order chi connectivity index (χ1) is 13.8. The summed E-state index contributed by atoms with van der Waals surface area (Å²) in [5.74, 6) is 0.148. The van der Waals surface area contributed by atoms with Gasteiger partial charge in [0, 0.05) is 23.3 Å². The fraction of sp³-hybridized carbons (Fsp3) is 0.476. The van der Waals surface area contributed by atoms with Crippen molar-refractivity contribution in [1.29, 1.82) is 0 Å². The smallest absolute Gasteiger partial charge is 0.191 e. The Morgan fingerprint density at radius 3 is 2.69 bits per heavy atom. The molecule has 1 aromatic carbocycles. The molecular weight excluding hydrogens is 392 g/mol. The lowest BCUT2D eigenvalue weighted by molar-refractivity contribution is 0.405. The highest BCUT2D eigenvalue weighted by atomic mass is 32.2. The number of fused-ring (bicyclic) bond motifs is 1. The van der Waals surface area contributed by atoms with Gasteiger partial charge >= 0.3 is 0 Å². The number of aromatic nitrogens is 4. The zero-order valence-corrected chi connectivity index (χ0v) is 17.9. The number of anilines is 1. The molecule has 3 aromatic rings. The van der Waals surface area contributed by atoms with E-state index in [4.69, 9.17) is 9.97 Å². The van der Waals surface area contributed by atoms with E-state index in [0.29, 0.717) is 5.82 Å². The van der Waals surface area contributed by atoms with Crippen LogP contribution >= 0.6 is 11.8 Å². The topological polar surface area (TPSA) is 55.6 Å². The van der Waals surface area contributed by atoms with E-state index in [9.17, 15) is 8.78 Å². The van der Waals surface area contributed by atoms with Crippen molar-refractivity contribution in [2.75, 3.05) is 11.1 Å². The van der Waals surface area contributed by atoms with E-state index in [1.165, 1.54) is 12.1 Å². The van der Waals surface area contributed by atoms with E-state index in [1.807, 2.05) is 0 Å². The van der Waals surface area contributed by atoms with Crippen LogP contribution in [0, 0.1) is 11.6 Å². The van der Waals surface area contributed by atoms with Gasteiger partial charge in [-0.1, -0.05) is 24.8 Å². The van der Waals surface area contributed by atoms with Crippen molar-refractivity contribution in [2.45, 2.75) is 63.2 Å². The van der Waals surface area contributed by atoms with Crippen LogP contribution in [0.25, 0.3) is 11.2 Å². The summed E-state index contributed by atoms with van der Waals surface area (Å²) >= 11 is 1.63. The van der Waals surface area contributed by atoms with Crippen molar-refractivity contribution in [3.05, 3.63) is 41.7 Å². The van der Waals surface area contributed by atoms with Gasteiger partial charge in [-0.05, 0) is 51.3 Å². The molecule has 2 aromatic heterocycles. The Morgan fingerprint density at radius 1 is 1.21 bits per heavy atom. The van der Waals surface area contributed by atoms with Gasteiger partial charge < -0.3 is 9.88 Å². The second-order valence-corrected chi connectivity index (χ2v) is 9.49. The van der Waals surface area contributed by atoms with Gasteiger partial charge in [-0.25, -0.2) is 23.7 Å². The van der Waals surface area contributed by atoms with Gasteiger partial charge in [-0.15, -0.1) is 0 Å². The number of rotatable bonds is 6. The predicted molar refractivity (Wildman–Crippen MR) is 112 cm³/mol. The zero-order valence-electron chi connectivity index (χ0n) is 17.0. The van der Waals surface area contributed by atoms with Gasteiger partial charge in [0.25, 0.3) is 0 Å². The van der Waals surface area contributed by atoms with E-state index in [-0.39, 0.29) is 17.5 Å². The van der Waals surface area contributed by atoms with Crippen LogP contribution in [-0.2, 0) is 5.54 Å². The first-order valence-electron chi connectivity index (χ1n) is 9.87. The number of nitrogens with one attached hydrogen (secondary N) is 1. The van der Waals surface area contributed by atoms with Crippen molar-refractivity contribution in [2.24, 2.45) is 0 Å². The molecule has 0 amide bonds. The Kier molecular flexibility index (Phi) is 5.23. The van der Waals surface area contributed by atoms with Crippen LogP contribution < -0.4 is 5.32 Å². The molecule has 0 bridgehead atoms. The van der Waals surface area contributed by atoms with Crippen LogP contribution in [-0.4, -0.2) is 31.3 Å². The summed E-state index contributed by atoms with van der Waals surface area (Å²) in [6.07, 6.45) is 3.68. The van der Waals surface area contributed by atoms with Crippen LogP contribution in [0.2, 0.25) is 0 Å². The van der Waals surface area contributed by atoms with Gasteiger partial charge in [0.05, 0.1) is 6.33 Å². The molecule has 29 heavy (non-hydrogen) atoms. The lowest BCUT2D eigenvalue weighted by Crippen LogP contribution is -2.21. The fourth-order valence-corrected chi connectivity index (χ4v) is 4.06. The molecule has 1 aliphatic rings. The van der Waals surface area contributed by atoms with E-state index in [1.54, 1.807) is 24.2 Å². The third kappa shape index (κ3) is 4.08. The number of benzene rings is 1. The van der Waals surface area contributed by atoms with Crippen LogP contribution in [0.4, 0.5) is 14.6 Å². The zero-order chi connectivity index (χ0) is 20.8. The van der Waals surface area contributed by atoms with E-state index < -0.39 is 11.6 Å². The highest BCUT2D eigenvalue weighted by Gasteiger charge is 2.39. The lowest BCUT2D eigenvalue weighted by Gasteiger charge is -2.21. The SMILES string of the molecule is CCCSc1nc(N[C@@H]2C[C@H]2c2ccc(F)c(F)c2)c2ncn(C(C)(C)C)c2n1. The molecule has 2 atom stereocenters. The number of hydrogen-bond donors (Lipinski definition) is 1. The van der Waals surface area contributed by atoms with Gasteiger partial charge in [0.15, 0.2) is 33.8 Å². The Labute approximate surface area is 173 Å². The summed E-state index contributed by atoms with van der Waals surface area (Å²) < 4.78 is 28.9. The van der Waals surface area contributed by atoms with Gasteiger partial charge in [-0.3, -0.25) is 0 Å². The second kappa shape index (κ2) is 7.55. The molecule has 5 nitrogen and oxygen atoms in total. The Bertz CT molecular complexity index is 1040. The molecule has 4 rings (SSSR count). The summed E-state index contributed by atoms with van der Waals surface area (Å²) in [6.45, 7) is 8.47. The van der Waals surface area contributed by atoms with Crippen molar-refractivity contribution < 1.29 is 8.78 Å². The molecule has 1 fully saturated rings. The Hall–Kier alpha value is -2.22. The first kappa shape index (κ1) is 20.1. The van der Waals surface area contributed by atoms with Crippen molar-refractivity contribution in [1.82, 2.24) is 19.5 Å². The van der Waals surface area contributed by atoms with Crippen LogP contribution in [0.1, 0.15) is 52.0 Å². The normalized spacial score (nSPS) is 19.0. The van der Waals surface area contributed by atoms with Crippen molar-refractivity contribution >= 4 is 28.7 Å². The Morgan fingerprint density at radius 2 is 2.00 bits per heavy atom. The standard InChI is InChI=1S/C21H25F2N5S/c1-5-8-29-20-26-18(17-19(27-20)28(11-24-17)21(2,3)4)25-16-10-13(16)12-6-7-14(22)15(23)9-12/h6-7,9,11,13,16H,5,8,10H2,1-4H3,(H,25,26,27)/t13-,16+/m0/s1. The maximum absolute atomic E-state index is 13.6. The quantitative estimate of drug-likeness (QED) is 0.434. The molecule has 0 saturated heterocycles. The number of hydrogen-bond acceptors (Lipinski definition) is 5. The number of nitrogens with zero attached hydrogens (tertiary/aromatic N) is 4. The highest BCUT2D eigenvalue weighted by Crippen LogP contribution is 2.43. The third-order valence-electron chi connectivity index (χ3n) is 5.02. The van der Waals surface area contributed by atoms with E-state index in [2.05, 4.69) is 42.6 Å². The van der Waals surface area contributed by atoms with Crippen molar-refractivity contribution in [3.63, 3.8) is 0 Å². The number of imidazole rings is 1. The largest absolute Gasteiger partial charge is 0.365 e. The van der Waals surface area contributed by atoms with E-state index in [0.717, 1.165) is 40.5 Å². The molecule has 8 heteroatoms. The fourth-order valence-electron chi connectivity index (χ4n) is 3.37. The molecule has 2 heterocycles. The summed E-state index contributed by atoms with van der Waals surface area (Å²) in [4.78, 5) is 14.0. The minimum atomic E-state index is -0.818. The molecule has 0 radical (unpaired) electrons. The molecule has 1 saturated carbocycles. The first-order valence-corrected chi connectivity index (χ1v) is 10.9.